The minimum atomic E-state index is -0.297. The monoisotopic (exact) mass is 270 g/mol. The van der Waals surface area contributed by atoms with Crippen LogP contribution in [0.2, 0.25) is 0 Å². The molecule has 0 spiro atoms. The molecular formula is C13H18O6. The van der Waals surface area contributed by atoms with E-state index >= 15 is 0 Å². The van der Waals surface area contributed by atoms with Gasteiger partial charge in [-0.25, -0.2) is 0 Å². The molecule has 2 heterocycles. The van der Waals surface area contributed by atoms with Crippen LogP contribution in [0.15, 0.2) is 0 Å². The van der Waals surface area contributed by atoms with Crippen molar-refractivity contribution in [1.29, 1.82) is 0 Å². The first-order valence-electron chi connectivity index (χ1n) is 6.73. The topological polar surface area (TPSA) is 71.1 Å². The lowest BCUT2D eigenvalue weighted by Crippen LogP contribution is -2.29. The molecule has 0 aromatic rings. The van der Waals surface area contributed by atoms with Gasteiger partial charge in [-0.1, -0.05) is 0 Å². The second-order valence-electron chi connectivity index (χ2n) is 5.35. The first-order valence-corrected chi connectivity index (χ1v) is 6.73. The number of carbonyl (C=O) groups excluding carboxylic acids is 2. The van der Waals surface area contributed by atoms with Gasteiger partial charge in [-0.3, -0.25) is 9.59 Å². The Kier molecular flexibility index (Phi) is 3.45. The van der Waals surface area contributed by atoms with Gasteiger partial charge in [0.05, 0.1) is 19.6 Å². The molecule has 3 fully saturated rings. The Morgan fingerprint density at radius 2 is 2.11 bits per heavy atom. The fraction of sp³-hybridized carbons (Fsp3) is 0.846. The van der Waals surface area contributed by atoms with E-state index in [1.807, 2.05) is 0 Å². The van der Waals surface area contributed by atoms with Gasteiger partial charge in [0.15, 0.2) is 6.29 Å². The maximum absolute atomic E-state index is 11.4. The van der Waals surface area contributed by atoms with Crippen molar-refractivity contribution < 1.29 is 28.5 Å². The summed E-state index contributed by atoms with van der Waals surface area (Å²) in [7, 11) is 0. The van der Waals surface area contributed by atoms with E-state index in [2.05, 4.69) is 0 Å². The fourth-order valence-corrected chi connectivity index (χ4v) is 3.40. The zero-order valence-electron chi connectivity index (χ0n) is 10.9. The van der Waals surface area contributed by atoms with Gasteiger partial charge < -0.3 is 18.9 Å². The number of esters is 2. The lowest BCUT2D eigenvalue weighted by molar-refractivity contribution is -0.151. The minimum Gasteiger partial charge on any atom is -0.462 e. The van der Waals surface area contributed by atoms with E-state index in [0.717, 1.165) is 0 Å². The smallest absolute Gasteiger partial charge is 0.306 e. The predicted octanol–water partition coefficient (Wildman–Crippen LogP) is 0.633. The third-order valence-corrected chi connectivity index (χ3v) is 4.13. The van der Waals surface area contributed by atoms with Crippen molar-refractivity contribution in [2.45, 2.75) is 44.7 Å². The van der Waals surface area contributed by atoms with Crippen molar-refractivity contribution in [1.82, 2.24) is 0 Å². The summed E-state index contributed by atoms with van der Waals surface area (Å²) in [6.07, 6.45) is 1.07. The molecular weight excluding hydrogens is 252 g/mol. The maximum Gasteiger partial charge on any atom is 0.306 e. The summed E-state index contributed by atoms with van der Waals surface area (Å²) < 4.78 is 21.6. The van der Waals surface area contributed by atoms with Gasteiger partial charge in [0, 0.05) is 31.6 Å². The third kappa shape index (κ3) is 2.60. The van der Waals surface area contributed by atoms with Gasteiger partial charge in [0.1, 0.15) is 12.2 Å². The Hall–Kier alpha value is -1.14. The second kappa shape index (κ2) is 5.09. The standard InChI is InChI=1S/C13H18O6/c1-7(14)18-10-6-11-8(4-12(15)19-11)9(10)5-13-16-2-3-17-13/h8-11,13H,2-6H2,1H3/t8-,9-,10-,11+/m1/s1. The summed E-state index contributed by atoms with van der Waals surface area (Å²) in [5, 5.41) is 0. The molecule has 19 heavy (non-hydrogen) atoms. The average molecular weight is 270 g/mol. The summed E-state index contributed by atoms with van der Waals surface area (Å²) in [4.78, 5) is 22.5. The number of carbonyl (C=O) groups is 2. The maximum atomic E-state index is 11.4. The quantitative estimate of drug-likeness (QED) is 0.701. The molecule has 6 nitrogen and oxygen atoms in total. The summed E-state index contributed by atoms with van der Waals surface area (Å²) in [6, 6.07) is 0. The normalized spacial score (nSPS) is 38.3. The molecule has 3 rings (SSSR count). The van der Waals surface area contributed by atoms with E-state index < -0.39 is 0 Å². The summed E-state index contributed by atoms with van der Waals surface area (Å²) in [5.74, 6) is -0.266. The fourth-order valence-electron chi connectivity index (χ4n) is 3.40. The van der Waals surface area contributed by atoms with E-state index in [4.69, 9.17) is 18.9 Å². The molecule has 6 heteroatoms. The van der Waals surface area contributed by atoms with Gasteiger partial charge in [0.2, 0.25) is 0 Å². The molecule has 2 saturated heterocycles. The molecule has 0 aromatic heterocycles. The van der Waals surface area contributed by atoms with E-state index in [1.54, 1.807) is 0 Å². The Balaban J connectivity index is 1.69. The van der Waals surface area contributed by atoms with Crippen molar-refractivity contribution in [3.63, 3.8) is 0 Å². The number of ether oxygens (including phenoxy) is 4. The zero-order valence-corrected chi connectivity index (χ0v) is 10.9. The number of hydrogen-bond donors (Lipinski definition) is 0. The van der Waals surface area contributed by atoms with Crippen molar-refractivity contribution in [2.75, 3.05) is 13.2 Å². The van der Waals surface area contributed by atoms with Crippen LogP contribution < -0.4 is 0 Å². The summed E-state index contributed by atoms with van der Waals surface area (Å²) >= 11 is 0. The van der Waals surface area contributed by atoms with Gasteiger partial charge in [-0.2, -0.15) is 0 Å². The molecule has 3 aliphatic rings. The molecule has 2 aliphatic heterocycles. The number of rotatable bonds is 3. The molecule has 0 radical (unpaired) electrons. The average Bonchev–Trinajstić information content (AvgIpc) is 2.99. The Bertz CT molecular complexity index is 375. The molecule has 0 N–H and O–H groups in total. The van der Waals surface area contributed by atoms with Crippen molar-refractivity contribution in [2.24, 2.45) is 11.8 Å². The Morgan fingerprint density at radius 3 is 2.79 bits per heavy atom. The molecule has 1 saturated carbocycles. The second-order valence-corrected chi connectivity index (χ2v) is 5.35. The minimum absolute atomic E-state index is 0.0726. The molecule has 106 valence electrons. The predicted molar refractivity (Wildman–Crippen MR) is 62.0 cm³/mol. The molecule has 0 unspecified atom stereocenters. The largest absolute Gasteiger partial charge is 0.462 e. The van der Waals surface area contributed by atoms with Gasteiger partial charge in [-0.05, 0) is 0 Å². The van der Waals surface area contributed by atoms with Crippen molar-refractivity contribution in [3.05, 3.63) is 0 Å². The van der Waals surface area contributed by atoms with Crippen molar-refractivity contribution in [3.8, 4) is 0 Å². The first kappa shape index (κ1) is 12.9. The van der Waals surface area contributed by atoms with Crippen LogP contribution in [0.25, 0.3) is 0 Å². The number of hydrogen-bond acceptors (Lipinski definition) is 6. The van der Waals surface area contributed by atoms with Crippen LogP contribution >= 0.6 is 0 Å². The SMILES string of the molecule is CC(=O)O[C@@H]1C[C@@H]2OC(=O)C[C@@H]2[C@H]1CC1OCCO1. The molecule has 0 bridgehead atoms. The van der Waals surface area contributed by atoms with Crippen LogP contribution in [0.1, 0.15) is 26.2 Å². The molecule has 0 aromatic carbocycles. The van der Waals surface area contributed by atoms with E-state index in [9.17, 15) is 9.59 Å². The first-order chi connectivity index (χ1) is 9.13. The van der Waals surface area contributed by atoms with Crippen LogP contribution in [0.3, 0.4) is 0 Å². The highest BCUT2D eigenvalue weighted by atomic mass is 16.7. The van der Waals surface area contributed by atoms with Crippen LogP contribution in [-0.4, -0.2) is 43.7 Å². The molecule has 4 atom stereocenters. The lowest BCUT2D eigenvalue weighted by atomic mass is 9.89. The van der Waals surface area contributed by atoms with E-state index in [-0.39, 0.29) is 42.3 Å². The van der Waals surface area contributed by atoms with Gasteiger partial charge in [-0.15, -0.1) is 0 Å². The van der Waals surface area contributed by atoms with Gasteiger partial charge in [0.25, 0.3) is 0 Å². The van der Waals surface area contributed by atoms with E-state index in [0.29, 0.717) is 32.5 Å². The third-order valence-electron chi connectivity index (χ3n) is 4.13. The molecule has 0 amide bonds. The zero-order chi connectivity index (χ0) is 13.4. The number of fused-ring (bicyclic) bond motifs is 1. The summed E-state index contributed by atoms with van der Waals surface area (Å²) in [5.41, 5.74) is 0. The van der Waals surface area contributed by atoms with Gasteiger partial charge >= 0.3 is 11.9 Å². The Morgan fingerprint density at radius 1 is 1.37 bits per heavy atom. The van der Waals surface area contributed by atoms with Crippen LogP contribution in [0.5, 0.6) is 0 Å². The van der Waals surface area contributed by atoms with Crippen LogP contribution in [-0.2, 0) is 28.5 Å². The van der Waals surface area contributed by atoms with Crippen molar-refractivity contribution >= 4 is 11.9 Å². The lowest BCUT2D eigenvalue weighted by Gasteiger charge is -2.24. The highest BCUT2D eigenvalue weighted by molar-refractivity contribution is 5.72. The summed E-state index contributed by atoms with van der Waals surface area (Å²) in [6.45, 7) is 2.60. The highest BCUT2D eigenvalue weighted by Gasteiger charge is 2.52. The Labute approximate surface area is 111 Å². The highest BCUT2D eigenvalue weighted by Crippen LogP contribution is 2.45. The van der Waals surface area contributed by atoms with Crippen LogP contribution in [0.4, 0.5) is 0 Å². The van der Waals surface area contributed by atoms with E-state index in [1.165, 1.54) is 6.92 Å². The van der Waals surface area contributed by atoms with Crippen LogP contribution in [0, 0.1) is 11.8 Å². The molecule has 1 aliphatic carbocycles.